The third-order valence-electron chi connectivity index (χ3n) is 6.27. The molecule has 0 saturated carbocycles. The summed E-state index contributed by atoms with van der Waals surface area (Å²) in [4.78, 5) is 33.8. The lowest BCUT2D eigenvalue weighted by Gasteiger charge is -2.28. The standard InChI is InChI=1S/C25H30FN3O2/c1-18-14-20(15-19-8-10-21(26)11-9-19)16-22(27-18)23-6-5-13-29(23)25(31)17-28-12-4-2-3-7-24(28)30/h8-11,14,16,23H,2-7,12-13,15,17H2,1H3/t23-/m1/s1. The molecular formula is C25H30FN3O2. The number of pyridine rings is 1. The van der Waals surface area contributed by atoms with Crippen LogP contribution in [0, 0.1) is 12.7 Å². The summed E-state index contributed by atoms with van der Waals surface area (Å²) in [7, 11) is 0. The van der Waals surface area contributed by atoms with Gasteiger partial charge in [-0.1, -0.05) is 18.6 Å². The summed E-state index contributed by atoms with van der Waals surface area (Å²) in [6.07, 6.45) is 5.99. The summed E-state index contributed by atoms with van der Waals surface area (Å²) in [6, 6.07) is 10.6. The molecule has 5 nitrogen and oxygen atoms in total. The van der Waals surface area contributed by atoms with E-state index in [-0.39, 0.29) is 30.2 Å². The van der Waals surface area contributed by atoms with Crippen LogP contribution in [0.1, 0.15) is 67.1 Å². The van der Waals surface area contributed by atoms with E-state index in [1.165, 1.54) is 12.1 Å². The van der Waals surface area contributed by atoms with Crippen LogP contribution in [0.3, 0.4) is 0 Å². The maximum atomic E-state index is 13.2. The van der Waals surface area contributed by atoms with Gasteiger partial charge in [0.25, 0.3) is 0 Å². The number of aryl methyl sites for hydroxylation is 1. The molecule has 3 heterocycles. The average Bonchev–Trinajstić information content (AvgIpc) is 3.15. The molecule has 2 fully saturated rings. The van der Waals surface area contributed by atoms with Gasteiger partial charge in [-0.25, -0.2) is 4.39 Å². The second-order valence-electron chi connectivity index (χ2n) is 8.72. The quantitative estimate of drug-likeness (QED) is 0.725. The zero-order valence-electron chi connectivity index (χ0n) is 18.1. The molecule has 31 heavy (non-hydrogen) atoms. The molecule has 0 unspecified atom stereocenters. The largest absolute Gasteiger partial charge is 0.333 e. The van der Waals surface area contributed by atoms with E-state index in [1.54, 1.807) is 17.0 Å². The van der Waals surface area contributed by atoms with Gasteiger partial charge in [0, 0.05) is 25.2 Å². The van der Waals surface area contributed by atoms with E-state index in [0.717, 1.165) is 54.6 Å². The molecule has 2 aliphatic heterocycles. The zero-order valence-corrected chi connectivity index (χ0v) is 18.1. The highest BCUT2D eigenvalue weighted by Gasteiger charge is 2.32. The third-order valence-corrected chi connectivity index (χ3v) is 6.27. The van der Waals surface area contributed by atoms with Gasteiger partial charge in [0.1, 0.15) is 5.82 Å². The summed E-state index contributed by atoms with van der Waals surface area (Å²) in [5, 5.41) is 0. The molecule has 2 amide bonds. The molecule has 4 rings (SSSR count). The fourth-order valence-electron chi connectivity index (χ4n) is 4.71. The summed E-state index contributed by atoms with van der Waals surface area (Å²) in [5.74, 6) is -0.128. The normalized spacial score (nSPS) is 19.5. The minimum absolute atomic E-state index is 0.0149. The number of benzene rings is 1. The third kappa shape index (κ3) is 5.30. The van der Waals surface area contributed by atoms with Gasteiger partial charge in [-0.3, -0.25) is 14.6 Å². The summed E-state index contributed by atoms with van der Waals surface area (Å²) in [5.41, 5.74) is 3.97. The number of carbonyl (C=O) groups is 2. The molecule has 164 valence electrons. The summed E-state index contributed by atoms with van der Waals surface area (Å²) in [6.45, 7) is 3.51. The van der Waals surface area contributed by atoms with Crippen molar-refractivity contribution in [2.75, 3.05) is 19.6 Å². The molecule has 2 aliphatic rings. The Labute approximate surface area is 183 Å². The van der Waals surface area contributed by atoms with Crippen molar-refractivity contribution in [1.82, 2.24) is 14.8 Å². The first kappa shape index (κ1) is 21.5. The van der Waals surface area contributed by atoms with Gasteiger partial charge in [0.05, 0.1) is 18.3 Å². The fourth-order valence-corrected chi connectivity index (χ4v) is 4.71. The van der Waals surface area contributed by atoms with Crippen molar-refractivity contribution in [2.24, 2.45) is 0 Å². The Bertz CT molecular complexity index is 944. The Morgan fingerprint density at radius 3 is 2.68 bits per heavy atom. The van der Waals surface area contributed by atoms with Crippen LogP contribution in [0.5, 0.6) is 0 Å². The maximum Gasteiger partial charge on any atom is 0.242 e. The summed E-state index contributed by atoms with van der Waals surface area (Å²) >= 11 is 0. The Hall–Kier alpha value is -2.76. The molecule has 2 saturated heterocycles. The molecule has 1 aromatic heterocycles. The van der Waals surface area contributed by atoms with Gasteiger partial charge in [-0.2, -0.15) is 0 Å². The van der Waals surface area contributed by atoms with Crippen LogP contribution in [0.15, 0.2) is 36.4 Å². The van der Waals surface area contributed by atoms with Crippen molar-refractivity contribution >= 4 is 11.8 Å². The number of hydrogen-bond donors (Lipinski definition) is 0. The van der Waals surface area contributed by atoms with Crippen LogP contribution >= 0.6 is 0 Å². The molecule has 2 aromatic rings. The minimum atomic E-state index is -0.238. The number of nitrogens with zero attached hydrogens (tertiary/aromatic N) is 3. The molecule has 0 radical (unpaired) electrons. The van der Waals surface area contributed by atoms with Gasteiger partial charge < -0.3 is 9.80 Å². The number of amides is 2. The fraction of sp³-hybridized carbons (Fsp3) is 0.480. The second kappa shape index (κ2) is 9.58. The molecule has 0 spiro atoms. The lowest BCUT2D eigenvalue weighted by atomic mass is 10.0. The Morgan fingerprint density at radius 1 is 1.06 bits per heavy atom. The van der Waals surface area contributed by atoms with Gasteiger partial charge in [0.2, 0.25) is 11.8 Å². The Kier molecular flexibility index (Phi) is 6.64. The van der Waals surface area contributed by atoms with Crippen LogP contribution in [-0.4, -0.2) is 46.2 Å². The van der Waals surface area contributed by atoms with Crippen LogP contribution in [0.4, 0.5) is 4.39 Å². The van der Waals surface area contributed by atoms with E-state index >= 15 is 0 Å². The molecule has 0 N–H and O–H groups in total. The molecule has 6 heteroatoms. The van der Waals surface area contributed by atoms with E-state index in [1.807, 2.05) is 17.9 Å². The lowest BCUT2D eigenvalue weighted by Crippen LogP contribution is -2.42. The van der Waals surface area contributed by atoms with E-state index in [4.69, 9.17) is 4.98 Å². The highest BCUT2D eigenvalue weighted by molar-refractivity contribution is 5.85. The number of halogens is 1. The van der Waals surface area contributed by atoms with Gasteiger partial charge in [0.15, 0.2) is 0 Å². The SMILES string of the molecule is Cc1cc(Cc2ccc(F)cc2)cc([C@H]2CCCN2C(=O)CN2CCCCCC2=O)n1. The van der Waals surface area contributed by atoms with Crippen molar-refractivity contribution in [3.63, 3.8) is 0 Å². The summed E-state index contributed by atoms with van der Waals surface area (Å²) < 4.78 is 13.2. The maximum absolute atomic E-state index is 13.2. The molecular weight excluding hydrogens is 393 g/mol. The average molecular weight is 424 g/mol. The van der Waals surface area contributed by atoms with Gasteiger partial charge in [-0.05, 0) is 74.4 Å². The van der Waals surface area contributed by atoms with E-state index in [2.05, 4.69) is 6.07 Å². The number of rotatable bonds is 5. The molecule has 1 atom stereocenters. The van der Waals surface area contributed by atoms with Gasteiger partial charge in [-0.15, -0.1) is 0 Å². The van der Waals surface area contributed by atoms with Crippen molar-refractivity contribution < 1.29 is 14.0 Å². The van der Waals surface area contributed by atoms with Crippen molar-refractivity contribution in [3.05, 3.63) is 64.7 Å². The number of carbonyl (C=O) groups excluding carboxylic acids is 2. The topological polar surface area (TPSA) is 53.5 Å². The Morgan fingerprint density at radius 2 is 1.87 bits per heavy atom. The Balaban J connectivity index is 1.49. The van der Waals surface area contributed by atoms with Crippen LogP contribution < -0.4 is 0 Å². The predicted molar refractivity (Wildman–Crippen MR) is 117 cm³/mol. The number of likely N-dealkylation sites (tertiary alicyclic amines) is 2. The van der Waals surface area contributed by atoms with E-state index in [0.29, 0.717) is 25.9 Å². The molecule has 0 bridgehead atoms. The monoisotopic (exact) mass is 423 g/mol. The second-order valence-corrected chi connectivity index (χ2v) is 8.72. The smallest absolute Gasteiger partial charge is 0.242 e. The van der Waals surface area contributed by atoms with Crippen LogP contribution in [0.25, 0.3) is 0 Å². The van der Waals surface area contributed by atoms with Gasteiger partial charge >= 0.3 is 0 Å². The minimum Gasteiger partial charge on any atom is -0.333 e. The highest BCUT2D eigenvalue weighted by atomic mass is 19.1. The van der Waals surface area contributed by atoms with Crippen LogP contribution in [-0.2, 0) is 16.0 Å². The first-order chi connectivity index (χ1) is 15.0. The van der Waals surface area contributed by atoms with E-state index in [9.17, 15) is 14.0 Å². The predicted octanol–water partition coefficient (Wildman–Crippen LogP) is 4.19. The van der Waals surface area contributed by atoms with E-state index < -0.39 is 0 Å². The lowest BCUT2D eigenvalue weighted by molar-refractivity contribution is -0.140. The van der Waals surface area contributed by atoms with Crippen molar-refractivity contribution in [1.29, 1.82) is 0 Å². The molecule has 1 aromatic carbocycles. The first-order valence-electron chi connectivity index (χ1n) is 11.3. The van der Waals surface area contributed by atoms with Crippen molar-refractivity contribution in [2.45, 2.75) is 57.9 Å². The highest BCUT2D eigenvalue weighted by Crippen LogP contribution is 2.32. The zero-order chi connectivity index (χ0) is 21.8. The first-order valence-corrected chi connectivity index (χ1v) is 11.3. The number of aromatic nitrogens is 1. The van der Waals surface area contributed by atoms with Crippen molar-refractivity contribution in [3.8, 4) is 0 Å². The number of hydrogen-bond acceptors (Lipinski definition) is 3. The van der Waals surface area contributed by atoms with Crippen LogP contribution in [0.2, 0.25) is 0 Å². The molecule has 0 aliphatic carbocycles.